The first-order valence-corrected chi connectivity index (χ1v) is 5.73. The monoisotopic (exact) mass is 294 g/mol. The van der Waals surface area contributed by atoms with Gasteiger partial charge in [-0.2, -0.15) is 0 Å². The molecular weight excluding hydrogens is 284 g/mol. The molecule has 2 aromatic rings. The molecule has 4 N–H and O–H groups in total. The highest BCUT2D eigenvalue weighted by Gasteiger charge is 2.00. The van der Waals surface area contributed by atoms with Crippen LogP contribution in [-0.4, -0.2) is 15.1 Å². The molecule has 0 atom stereocenters. The molecule has 0 saturated carbocycles. The van der Waals surface area contributed by atoms with Gasteiger partial charge in [-0.15, -0.1) is 0 Å². The number of aromatic nitrogens is 2. The summed E-state index contributed by atoms with van der Waals surface area (Å²) in [6, 6.07) is 5.13. The van der Waals surface area contributed by atoms with E-state index in [2.05, 4.69) is 31.2 Å². The van der Waals surface area contributed by atoms with E-state index in [0.29, 0.717) is 22.7 Å². The van der Waals surface area contributed by atoms with Gasteiger partial charge in [0.25, 0.3) is 0 Å². The average Bonchev–Trinajstić information content (AvgIpc) is 2.31. The Morgan fingerprint density at radius 1 is 1.35 bits per heavy atom. The number of nitrogens with zero attached hydrogens (tertiary/aromatic N) is 2. The van der Waals surface area contributed by atoms with Gasteiger partial charge in [0.05, 0.1) is 18.1 Å². The summed E-state index contributed by atoms with van der Waals surface area (Å²) in [5.41, 5.74) is 6.80. The van der Waals surface area contributed by atoms with Crippen molar-refractivity contribution >= 4 is 27.4 Å². The van der Waals surface area contributed by atoms with E-state index < -0.39 is 0 Å². The van der Waals surface area contributed by atoms with E-state index in [9.17, 15) is 5.11 Å². The van der Waals surface area contributed by atoms with Crippen LogP contribution in [0.25, 0.3) is 0 Å². The van der Waals surface area contributed by atoms with Crippen LogP contribution in [0, 0.1) is 0 Å². The van der Waals surface area contributed by atoms with Crippen LogP contribution in [-0.2, 0) is 6.54 Å². The standard InChI is InChI=1S/C11H11BrN4O/c12-10-5-14-6-11(16-10)15-4-7-1-2-8(13)9(17)3-7/h1-3,5-6,17H,4,13H2,(H,15,16). The number of aromatic hydroxyl groups is 1. The van der Waals surface area contributed by atoms with E-state index in [-0.39, 0.29) is 5.75 Å². The zero-order chi connectivity index (χ0) is 12.3. The fraction of sp³-hybridized carbons (Fsp3) is 0.0909. The van der Waals surface area contributed by atoms with E-state index in [1.165, 1.54) is 0 Å². The van der Waals surface area contributed by atoms with Gasteiger partial charge in [-0.25, -0.2) is 4.98 Å². The van der Waals surface area contributed by atoms with Crippen molar-refractivity contribution in [2.75, 3.05) is 11.1 Å². The van der Waals surface area contributed by atoms with Crippen LogP contribution >= 0.6 is 15.9 Å². The van der Waals surface area contributed by atoms with Gasteiger partial charge in [-0.1, -0.05) is 6.07 Å². The van der Waals surface area contributed by atoms with Gasteiger partial charge >= 0.3 is 0 Å². The Kier molecular flexibility index (Phi) is 3.43. The van der Waals surface area contributed by atoms with Crippen LogP contribution in [0.15, 0.2) is 35.2 Å². The smallest absolute Gasteiger partial charge is 0.146 e. The maximum atomic E-state index is 9.45. The van der Waals surface area contributed by atoms with Crippen LogP contribution in [0.2, 0.25) is 0 Å². The molecule has 1 aromatic carbocycles. The Morgan fingerprint density at radius 3 is 2.88 bits per heavy atom. The number of hydrogen-bond donors (Lipinski definition) is 3. The fourth-order valence-corrected chi connectivity index (χ4v) is 1.63. The molecule has 88 valence electrons. The molecule has 0 bridgehead atoms. The van der Waals surface area contributed by atoms with Gasteiger partial charge in [0.2, 0.25) is 0 Å². The molecule has 0 aliphatic heterocycles. The number of rotatable bonds is 3. The van der Waals surface area contributed by atoms with Gasteiger partial charge in [0.15, 0.2) is 0 Å². The van der Waals surface area contributed by atoms with Crippen molar-refractivity contribution in [3.05, 3.63) is 40.8 Å². The van der Waals surface area contributed by atoms with Crippen LogP contribution in [0.1, 0.15) is 5.56 Å². The maximum Gasteiger partial charge on any atom is 0.146 e. The molecule has 5 nitrogen and oxygen atoms in total. The molecule has 17 heavy (non-hydrogen) atoms. The Bertz CT molecular complexity index is 533. The summed E-state index contributed by atoms with van der Waals surface area (Å²) in [4.78, 5) is 8.17. The van der Waals surface area contributed by atoms with Crippen molar-refractivity contribution in [2.45, 2.75) is 6.54 Å². The normalized spacial score (nSPS) is 10.2. The number of phenolic OH excluding ortho intramolecular Hbond substituents is 1. The van der Waals surface area contributed by atoms with E-state index in [1.54, 1.807) is 24.5 Å². The van der Waals surface area contributed by atoms with Crippen LogP contribution < -0.4 is 11.1 Å². The minimum absolute atomic E-state index is 0.0876. The second-order valence-electron chi connectivity index (χ2n) is 3.47. The number of hydrogen-bond acceptors (Lipinski definition) is 5. The molecule has 0 aliphatic rings. The highest BCUT2D eigenvalue weighted by Crippen LogP contribution is 2.21. The van der Waals surface area contributed by atoms with Gasteiger partial charge in [-0.05, 0) is 33.6 Å². The van der Waals surface area contributed by atoms with E-state index in [4.69, 9.17) is 5.73 Å². The summed E-state index contributed by atoms with van der Waals surface area (Å²) >= 11 is 3.24. The third kappa shape index (κ3) is 3.07. The average molecular weight is 295 g/mol. The van der Waals surface area contributed by atoms with E-state index >= 15 is 0 Å². The van der Waals surface area contributed by atoms with Crippen LogP contribution in [0.4, 0.5) is 11.5 Å². The van der Waals surface area contributed by atoms with Crippen molar-refractivity contribution in [2.24, 2.45) is 0 Å². The number of phenols is 1. The second-order valence-corrected chi connectivity index (χ2v) is 4.29. The zero-order valence-corrected chi connectivity index (χ0v) is 10.5. The molecular formula is C11H11BrN4O. The van der Waals surface area contributed by atoms with Crippen molar-refractivity contribution in [1.82, 2.24) is 9.97 Å². The van der Waals surface area contributed by atoms with Crippen molar-refractivity contribution < 1.29 is 5.11 Å². The number of benzene rings is 1. The summed E-state index contributed by atoms with van der Waals surface area (Å²) in [6.45, 7) is 0.541. The number of halogens is 1. The number of anilines is 2. The quantitative estimate of drug-likeness (QED) is 0.597. The molecule has 0 aliphatic carbocycles. The van der Waals surface area contributed by atoms with Gasteiger partial charge in [0.1, 0.15) is 16.2 Å². The van der Waals surface area contributed by atoms with Crippen LogP contribution in [0.5, 0.6) is 5.75 Å². The Labute approximate surface area is 107 Å². The summed E-state index contributed by atoms with van der Waals surface area (Å²) in [5.74, 6) is 0.750. The van der Waals surface area contributed by atoms with Crippen molar-refractivity contribution in [3.63, 3.8) is 0 Å². The first kappa shape index (κ1) is 11.7. The SMILES string of the molecule is Nc1ccc(CNc2cncc(Br)n2)cc1O. The summed E-state index contributed by atoms with van der Waals surface area (Å²) < 4.78 is 0.669. The van der Waals surface area contributed by atoms with Crippen molar-refractivity contribution in [1.29, 1.82) is 0 Å². The molecule has 2 rings (SSSR count). The predicted molar refractivity (Wildman–Crippen MR) is 69.6 cm³/mol. The molecule has 6 heteroatoms. The van der Waals surface area contributed by atoms with E-state index in [1.807, 2.05) is 6.07 Å². The van der Waals surface area contributed by atoms with Crippen LogP contribution in [0.3, 0.4) is 0 Å². The molecule has 0 saturated heterocycles. The molecule has 0 amide bonds. The first-order valence-electron chi connectivity index (χ1n) is 4.94. The summed E-state index contributed by atoms with van der Waals surface area (Å²) in [5, 5.41) is 12.5. The minimum atomic E-state index is 0.0876. The molecule has 1 aromatic heterocycles. The molecule has 0 unspecified atom stereocenters. The van der Waals surface area contributed by atoms with E-state index in [0.717, 1.165) is 5.56 Å². The number of nitrogen functional groups attached to an aromatic ring is 1. The lowest BCUT2D eigenvalue weighted by Gasteiger charge is -2.06. The minimum Gasteiger partial charge on any atom is -0.506 e. The Balaban J connectivity index is 2.05. The van der Waals surface area contributed by atoms with Crippen molar-refractivity contribution in [3.8, 4) is 5.75 Å². The molecule has 0 fully saturated rings. The lowest BCUT2D eigenvalue weighted by molar-refractivity contribution is 0.477. The molecule has 1 heterocycles. The maximum absolute atomic E-state index is 9.45. The third-order valence-corrected chi connectivity index (χ3v) is 2.56. The lowest BCUT2D eigenvalue weighted by atomic mass is 10.2. The van der Waals surface area contributed by atoms with Gasteiger partial charge in [0, 0.05) is 6.54 Å². The Hall–Kier alpha value is -1.82. The molecule has 0 radical (unpaired) electrons. The summed E-state index contributed by atoms with van der Waals surface area (Å²) in [7, 11) is 0. The zero-order valence-electron chi connectivity index (χ0n) is 8.89. The second kappa shape index (κ2) is 5.01. The first-order chi connectivity index (χ1) is 8.15. The number of nitrogens with two attached hydrogens (primary N) is 1. The predicted octanol–water partition coefficient (Wildman–Crippen LogP) is 2.14. The summed E-state index contributed by atoms with van der Waals surface area (Å²) in [6.07, 6.45) is 3.24. The fourth-order valence-electron chi connectivity index (χ4n) is 1.32. The topological polar surface area (TPSA) is 84.1 Å². The largest absolute Gasteiger partial charge is 0.506 e. The number of nitrogens with one attached hydrogen (secondary N) is 1. The molecule has 0 spiro atoms. The third-order valence-electron chi connectivity index (χ3n) is 2.17. The lowest BCUT2D eigenvalue weighted by Crippen LogP contribution is -2.02. The van der Waals surface area contributed by atoms with Gasteiger partial charge < -0.3 is 16.2 Å². The highest BCUT2D eigenvalue weighted by atomic mass is 79.9. The highest BCUT2D eigenvalue weighted by molar-refractivity contribution is 9.10. The Morgan fingerprint density at radius 2 is 2.18 bits per heavy atom. The van der Waals surface area contributed by atoms with Gasteiger partial charge in [-0.3, -0.25) is 4.98 Å².